The summed E-state index contributed by atoms with van der Waals surface area (Å²) in [4.78, 5) is 21.4. The molecule has 0 aromatic heterocycles. The van der Waals surface area contributed by atoms with Crippen molar-refractivity contribution >= 4 is 23.6 Å². The van der Waals surface area contributed by atoms with E-state index in [1.54, 1.807) is 0 Å². The predicted octanol–water partition coefficient (Wildman–Crippen LogP) is 3.59. The number of amides is 2. The van der Waals surface area contributed by atoms with E-state index in [2.05, 4.69) is 0 Å². The molecule has 0 atom stereocenters. The highest BCUT2D eigenvalue weighted by Gasteiger charge is 2.65. The third-order valence-corrected chi connectivity index (χ3v) is 2.89. The van der Waals surface area contributed by atoms with Crippen LogP contribution in [0.5, 0.6) is 0 Å². The van der Waals surface area contributed by atoms with Gasteiger partial charge in [-0.25, -0.2) is 9.69 Å². The summed E-state index contributed by atoms with van der Waals surface area (Å²) in [5.74, 6) is -8.60. The van der Waals surface area contributed by atoms with E-state index in [0.717, 1.165) is 0 Å². The molecule has 0 saturated heterocycles. The summed E-state index contributed by atoms with van der Waals surface area (Å²) in [5.41, 5.74) is 0.416. The maximum absolute atomic E-state index is 12.9. The number of carbonyl (C=O) groups is 2. The number of imide groups is 1. The van der Waals surface area contributed by atoms with Gasteiger partial charge in [0.25, 0.3) is 0 Å². The number of halogens is 6. The minimum Gasteiger partial charge on any atom is -0.465 e. The molecule has 1 N–H and O–H groups in total. The Balaban J connectivity index is 2.88. The van der Waals surface area contributed by atoms with Gasteiger partial charge in [-0.2, -0.15) is 22.0 Å². The van der Waals surface area contributed by atoms with E-state index in [1.165, 1.54) is 24.3 Å². The number of hydrogen-bond acceptors (Lipinski definition) is 2. The van der Waals surface area contributed by atoms with Crippen molar-refractivity contribution < 1.29 is 36.6 Å². The number of carbonyl (C=O) groups excluding carboxylic acids is 1. The summed E-state index contributed by atoms with van der Waals surface area (Å²) in [6, 6.07) is 5.70. The quantitative estimate of drug-likeness (QED) is 0.848. The van der Waals surface area contributed by atoms with Crippen LogP contribution in [0.3, 0.4) is 0 Å². The molecule has 0 unspecified atom stereocenters. The van der Waals surface area contributed by atoms with Gasteiger partial charge >= 0.3 is 24.1 Å². The molecular formula is C12H9ClF5NO3. The minimum absolute atomic E-state index is 0.233. The molecule has 1 aromatic carbocycles. The van der Waals surface area contributed by atoms with Gasteiger partial charge in [0.15, 0.2) is 0 Å². The van der Waals surface area contributed by atoms with Crippen molar-refractivity contribution in [3.8, 4) is 0 Å². The second-order valence-corrected chi connectivity index (χ2v) is 4.62. The molecule has 0 aliphatic rings. The van der Waals surface area contributed by atoms with Crippen molar-refractivity contribution in [2.45, 2.75) is 18.5 Å². The maximum Gasteiger partial charge on any atom is 0.463 e. The zero-order valence-electron chi connectivity index (χ0n) is 10.7. The van der Waals surface area contributed by atoms with Crippen molar-refractivity contribution in [2.24, 2.45) is 0 Å². The highest BCUT2D eigenvalue weighted by molar-refractivity contribution is 6.30. The zero-order valence-corrected chi connectivity index (χ0v) is 11.5. The highest BCUT2D eigenvalue weighted by Crippen LogP contribution is 2.37. The van der Waals surface area contributed by atoms with E-state index in [0.29, 0.717) is 10.6 Å². The summed E-state index contributed by atoms with van der Waals surface area (Å²) in [6.07, 6.45) is -8.59. The smallest absolute Gasteiger partial charge is 0.463 e. The van der Waals surface area contributed by atoms with Gasteiger partial charge < -0.3 is 5.11 Å². The van der Waals surface area contributed by atoms with Crippen LogP contribution in [-0.2, 0) is 11.2 Å². The van der Waals surface area contributed by atoms with Crippen LogP contribution in [0.2, 0.25) is 5.02 Å². The fraction of sp³-hybridized carbons (Fsp3) is 0.333. The molecule has 0 aliphatic heterocycles. The van der Waals surface area contributed by atoms with E-state index < -0.39 is 35.5 Å². The average molecular weight is 346 g/mol. The molecule has 0 fully saturated rings. The van der Waals surface area contributed by atoms with Crippen molar-refractivity contribution in [3.63, 3.8) is 0 Å². The number of rotatable bonds is 4. The van der Waals surface area contributed by atoms with Crippen molar-refractivity contribution in [1.82, 2.24) is 4.90 Å². The van der Waals surface area contributed by atoms with Crippen LogP contribution in [-0.4, -0.2) is 40.7 Å². The molecule has 0 aliphatic carbocycles. The Morgan fingerprint density at radius 1 is 1.09 bits per heavy atom. The molecule has 122 valence electrons. The highest BCUT2D eigenvalue weighted by atomic mass is 35.5. The van der Waals surface area contributed by atoms with Gasteiger partial charge in [-0.15, -0.1) is 0 Å². The fourth-order valence-electron chi connectivity index (χ4n) is 1.47. The molecule has 10 heteroatoms. The van der Waals surface area contributed by atoms with Gasteiger partial charge in [0.05, 0.1) is 0 Å². The molecule has 4 nitrogen and oxygen atoms in total. The fourth-order valence-corrected chi connectivity index (χ4v) is 1.59. The molecule has 0 spiro atoms. The number of carboxylic acid groups (broad SMARTS) is 1. The first-order valence-corrected chi connectivity index (χ1v) is 6.08. The molecule has 0 saturated carbocycles. The normalized spacial score (nSPS) is 12.1. The van der Waals surface area contributed by atoms with Crippen LogP contribution in [0.4, 0.5) is 26.7 Å². The molecule has 22 heavy (non-hydrogen) atoms. The van der Waals surface area contributed by atoms with Crippen LogP contribution < -0.4 is 0 Å². The van der Waals surface area contributed by atoms with Gasteiger partial charge in [0.1, 0.15) is 0 Å². The Morgan fingerprint density at radius 2 is 1.59 bits per heavy atom. The second-order valence-electron chi connectivity index (χ2n) is 4.19. The Labute approximate surface area is 126 Å². The first-order valence-electron chi connectivity index (χ1n) is 5.70. The molecule has 1 rings (SSSR count). The predicted molar refractivity (Wildman–Crippen MR) is 65.9 cm³/mol. The largest absolute Gasteiger partial charge is 0.465 e. The Morgan fingerprint density at radius 3 is 2.00 bits per heavy atom. The van der Waals surface area contributed by atoms with E-state index in [9.17, 15) is 31.5 Å². The van der Waals surface area contributed by atoms with Gasteiger partial charge in [-0.3, -0.25) is 4.79 Å². The van der Waals surface area contributed by atoms with Crippen LogP contribution >= 0.6 is 11.6 Å². The summed E-state index contributed by atoms with van der Waals surface area (Å²) < 4.78 is 62.2. The number of hydrogen-bond donors (Lipinski definition) is 1. The summed E-state index contributed by atoms with van der Waals surface area (Å²) in [5, 5.41) is 9.04. The summed E-state index contributed by atoms with van der Waals surface area (Å²) in [7, 11) is 0. The molecule has 2 amide bonds. The number of alkyl halides is 5. The van der Waals surface area contributed by atoms with Crippen molar-refractivity contribution in [2.75, 3.05) is 6.54 Å². The van der Waals surface area contributed by atoms with Crippen LogP contribution in [0.15, 0.2) is 24.3 Å². The standard InChI is InChI=1S/C12H9ClF5NO3/c13-8-3-1-7(2-4-8)5-6-19(10(21)22)9(20)11(14,15)12(16,17)18/h1-4H,5-6H2,(H,21,22). The zero-order chi connectivity index (χ0) is 17.1. The Hall–Kier alpha value is -1.90. The average Bonchev–Trinajstić information content (AvgIpc) is 2.39. The van der Waals surface area contributed by atoms with Gasteiger partial charge in [-0.05, 0) is 24.1 Å². The molecule has 1 aromatic rings. The lowest BCUT2D eigenvalue weighted by Gasteiger charge is -2.24. The minimum atomic E-state index is -6.17. The van der Waals surface area contributed by atoms with Crippen LogP contribution in [0.1, 0.15) is 5.56 Å². The lowest BCUT2D eigenvalue weighted by molar-refractivity contribution is -0.273. The van der Waals surface area contributed by atoms with Crippen LogP contribution in [0, 0.1) is 0 Å². The maximum atomic E-state index is 12.9. The lowest BCUT2D eigenvalue weighted by Crippen LogP contribution is -2.54. The van der Waals surface area contributed by atoms with Crippen molar-refractivity contribution in [1.29, 1.82) is 0 Å². The first kappa shape index (κ1) is 18.1. The molecule has 0 heterocycles. The Bertz CT molecular complexity index is 559. The Kier molecular flexibility index (Phi) is 5.34. The third kappa shape index (κ3) is 4.06. The number of benzene rings is 1. The molecule has 0 bridgehead atoms. The second kappa shape index (κ2) is 6.47. The first-order chi connectivity index (χ1) is 9.96. The number of nitrogens with zero attached hydrogens (tertiary/aromatic N) is 1. The summed E-state index contributed by atoms with van der Waals surface area (Å²) >= 11 is 5.60. The lowest BCUT2D eigenvalue weighted by atomic mass is 10.1. The topological polar surface area (TPSA) is 57.6 Å². The SMILES string of the molecule is O=C(O)N(CCc1ccc(Cl)cc1)C(=O)C(F)(F)C(F)(F)F. The van der Waals surface area contributed by atoms with E-state index in [4.69, 9.17) is 16.7 Å². The van der Waals surface area contributed by atoms with E-state index >= 15 is 0 Å². The summed E-state index contributed by atoms with van der Waals surface area (Å²) in [6.45, 7) is -0.846. The van der Waals surface area contributed by atoms with Gasteiger partial charge in [0.2, 0.25) is 0 Å². The van der Waals surface area contributed by atoms with Gasteiger partial charge in [-0.1, -0.05) is 23.7 Å². The van der Waals surface area contributed by atoms with Crippen LogP contribution in [0.25, 0.3) is 0 Å². The van der Waals surface area contributed by atoms with Gasteiger partial charge in [0, 0.05) is 11.6 Å². The molecular weight excluding hydrogens is 337 g/mol. The monoisotopic (exact) mass is 345 g/mol. The third-order valence-electron chi connectivity index (χ3n) is 2.64. The van der Waals surface area contributed by atoms with E-state index in [-0.39, 0.29) is 6.42 Å². The molecule has 0 radical (unpaired) electrons. The van der Waals surface area contributed by atoms with E-state index in [1.807, 2.05) is 0 Å². The van der Waals surface area contributed by atoms with Crippen molar-refractivity contribution in [3.05, 3.63) is 34.9 Å².